The van der Waals surface area contributed by atoms with E-state index in [-0.39, 0.29) is 62.0 Å². The van der Waals surface area contributed by atoms with E-state index in [9.17, 15) is 13.5 Å². The van der Waals surface area contributed by atoms with Gasteiger partial charge in [0.15, 0.2) is 0 Å². The van der Waals surface area contributed by atoms with E-state index in [1.54, 1.807) is 6.07 Å². The van der Waals surface area contributed by atoms with Crippen molar-refractivity contribution >= 4 is 10.1 Å². The maximum Gasteiger partial charge on any atom is 1.00 e. The van der Waals surface area contributed by atoms with Crippen molar-refractivity contribution in [1.82, 2.24) is 0 Å². The first kappa shape index (κ1) is 25.6. The van der Waals surface area contributed by atoms with Crippen LogP contribution < -0.4 is 61.2 Å². The number of hydrogen-bond acceptors (Lipinski definition) is 4. The minimum atomic E-state index is -4.23. The number of ether oxygens (including phenoxy) is 1. The number of unbranched alkanes of at least 4 members (excludes halogenated alkanes) is 6. The molecule has 2 aromatic rings. The fourth-order valence-corrected chi connectivity index (χ4v) is 3.42. The molecule has 0 amide bonds. The van der Waals surface area contributed by atoms with Gasteiger partial charge in [0.2, 0.25) is 0 Å². The zero-order valence-electron chi connectivity index (χ0n) is 16.7. The average Bonchev–Trinajstić information content (AvgIpc) is 2.60. The zero-order chi connectivity index (χ0) is 19.7. The molecule has 148 valence electrons. The normalized spacial score (nSPS) is 11.1. The number of aryl methyl sites for hydroxylation is 1. The van der Waals surface area contributed by atoms with Gasteiger partial charge in [-0.05, 0) is 54.8 Å². The molecule has 2 rings (SSSR count). The molecule has 0 saturated carbocycles. The first-order valence-electron chi connectivity index (χ1n) is 9.45. The van der Waals surface area contributed by atoms with Crippen LogP contribution in [0.15, 0.2) is 47.4 Å². The zero-order valence-corrected chi connectivity index (χ0v) is 20.6. The first-order valence-corrected chi connectivity index (χ1v) is 10.9. The molecule has 0 saturated heterocycles. The number of rotatable bonds is 11. The number of hydrogen-bond donors (Lipinski definition) is 1. The summed E-state index contributed by atoms with van der Waals surface area (Å²) in [5, 5.41) is 11.9. The summed E-state index contributed by atoms with van der Waals surface area (Å²) in [4.78, 5) is -0.202. The van der Waals surface area contributed by atoms with Gasteiger partial charge in [0.05, 0.1) is 4.90 Å². The maximum absolute atomic E-state index is 11.9. The van der Waals surface area contributed by atoms with Gasteiger partial charge >= 0.3 is 51.4 Å². The smallest absolute Gasteiger partial charge is 0.872 e. The molecule has 0 spiro atoms. The summed E-state index contributed by atoms with van der Waals surface area (Å²) in [5.74, 6) is 0.718. The topological polar surface area (TPSA) is 86.7 Å². The summed E-state index contributed by atoms with van der Waals surface area (Å²) < 4.78 is 36.8. The van der Waals surface area contributed by atoms with Gasteiger partial charge in [0, 0.05) is 0 Å². The van der Waals surface area contributed by atoms with Crippen molar-refractivity contribution in [3.8, 4) is 17.2 Å². The summed E-state index contributed by atoms with van der Waals surface area (Å²) in [6.45, 7) is 2.21. The summed E-state index contributed by atoms with van der Waals surface area (Å²) >= 11 is 0. The van der Waals surface area contributed by atoms with Crippen LogP contribution in [0, 0.1) is 0 Å². The number of benzene rings is 2. The van der Waals surface area contributed by atoms with Crippen LogP contribution >= 0.6 is 0 Å². The fraction of sp³-hybridized carbons (Fsp3) is 0.429. The van der Waals surface area contributed by atoms with Crippen LogP contribution in [0.5, 0.6) is 17.2 Å². The Morgan fingerprint density at radius 3 is 2.11 bits per heavy atom. The third-order valence-electron chi connectivity index (χ3n) is 4.37. The average molecular weight is 431 g/mol. The predicted octanol–water partition coefficient (Wildman–Crippen LogP) is 2.10. The van der Waals surface area contributed by atoms with Crippen LogP contribution in [0.2, 0.25) is 0 Å². The molecule has 0 aliphatic carbocycles. The SMILES string of the molecule is CCCCCCCCCc1cc([O-])cc(Oc2ccc(S(=O)(=O)O)cc2)c1.[K+]. The van der Waals surface area contributed by atoms with E-state index in [1.165, 1.54) is 62.4 Å². The van der Waals surface area contributed by atoms with Crippen molar-refractivity contribution in [3.05, 3.63) is 48.0 Å². The van der Waals surface area contributed by atoms with Crippen LogP contribution in [0.3, 0.4) is 0 Å². The summed E-state index contributed by atoms with van der Waals surface area (Å²) in [6, 6.07) is 10.3. The quantitative estimate of drug-likeness (QED) is 0.335. The van der Waals surface area contributed by atoms with Crippen molar-refractivity contribution in [3.63, 3.8) is 0 Å². The molecule has 1 N–H and O–H groups in total. The summed E-state index contributed by atoms with van der Waals surface area (Å²) in [7, 11) is -4.23. The largest absolute Gasteiger partial charge is 1.00 e. The second-order valence-corrected chi connectivity index (χ2v) is 8.15. The Hall–Kier alpha value is -0.414. The van der Waals surface area contributed by atoms with E-state index in [4.69, 9.17) is 9.29 Å². The standard InChI is InChI=1S/C21H28O5S.K/c1-2-3-4-5-6-7-8-9-17-14-18(22)16-20(15-17)26-19-10-12-21(13-11-19)27(23,24)25;/h10-16,22H,2-9H2,1H3,(H,23,24,25);/q;+1/p-1. The summed E-state index contributed by atoms with van der Waals surface area (Å²) in [5.41, 5.74) is 0.945. The van der Waals surface area contributed by atoms with E-state index in [2.05, 4.69) is 6.92 Å². The third-order valence-corrected chi connectivity index (χ3v) is 5.23. The minimum absolute atomic E-state index is 0. The van der Waals surface area contributed by atoms with E-state index in [0.29, 0.717) is 11.5 Å². The maximum atomic E-state index is 11.9. The van der Waals surface area contributed by atoms with Crippen molar-refractivity contribution < 1.29 is 74.2 Å². The third kappa shape index (κ3) is 9.39. The molecule has 7 heteroatoms. The molecule has 0 aliphatic rings. The van der Waals surface area contributed by atoms with Crippen LogP contribution in [-0.2, 0) is 16.5 Å². The van der Waals surface area contributed by atoms with Gasteiger partial charge in [0.1, 0.15) is 11.5 Å². The molecule has 5 nitrogen and oxygen atoms in total. The summed E-state index contributed by atoms with van der Waals surface area (Å²) in [6.07, 6.45) is 9.35. The van der Waals surface area contributed by atoms with Crippen molar-refractivity contribution in [2.24, 2.45) is 0 Å². The van der Waals surface area contributed by atoms with Gasteiger partial charge in [-0.1, -0.05) is 51.5 Å². The Morgan fingerprint density at radius 1 is 0.893 bits per heavy atom. The van der Waals surface area contributed by atoms with Crippen LogP contribution in [0.25, 0.3) is 0 Å². The monoisotopic (exact) mass is 430 g/mol. The molecule has 0 aromatic heterocycles. The molecule has 0 heterocycles. The molecule has 0 aliphatic heterocycles. The fourth-order valence-electron chi connectivity index (χ4n) is 2.94. The molecule has 0 radical (unpaired) electrons. The second-order valence-electron chi connectivity index (χ2n) is 6.73. The second kappa shape index (κ2) is 13.0. The molecule has 0 fully saturated rings. The van der Waals surface area contributed by atoms with Crippen molar-refractivity contribution in [2.75, 3.05) is 0 Å². The first-order chi connectivity index (χ1) is 12.9. The Morgan fingerprint density at radius 2 is 1.50 bits per heavy atom. The Bertz CT molecular complexity index is 819. The Kier molecular flexibility index (Phi) is 11.9. The van der Waals surface area contributed by atoms with Gasteiger partial charge in [0.25, 0.3) is 10.1 Å². The van der Waals surface area contributed by atoms with Gasteiger partial charge in [-0.15, -0.1) is 5.75 Å². The molecule has 0 atom stereocenters. The van der Waals surface area contributed by atoms with Crippen LogP contribution in [0.4, 0.5) is 0 Å². The predicted molar refractivity (Wildman–Crippen MR) is 104 cm³/mol. The molecular formula is C21H27KO5S. The minimum Gasteiger partial charge on any atom is -0.872 e. The van der Waals surface area contributed by atoms with E-state index >= 15 is 0 Å². The van der Waals surface area contributed by atoms with E-state index in [1.807, 2.05) is 6.07 Å². The van der Waals surface area contributed by atoms with E-state index in [0.717, 1.165) is 24.8 Å². The molecule has 0 bridgehead atoms. The Labute approximate surface area is 210 Å². The molecular weight excluding hydrogens is 403 g/mol. The molecule has 28 heavy (non-hydrogen) atoms. The van der Waals surface area contributed by atoms with Crippen LogP contribution in [0.1, 0.15) is 57.4 Å². The molecule has 0 unspecified atom stereocenters. The van der Waals surface area contributed by atoms with Crippen molar-refractivity contribution in [2.45, 2.75) is 63.2 Å². The van der Waals surface area contributed by atoms with Crippen LogP contribution in [-0.4, -0.2) is 13.0 Å². The molecule has 2 aromatic carbocycles. The Balaban J connectivity index is 0.00000392. The van der Waals surface area contributed by atoms with Gasteiger partial charge in [-0.25, -0.2) is 0 Å². The van der Waals surface area contributed by atoms with Gasteiger partial charge in [-0.2, -0.15) is 8.42 Å². The van der Waals surface area contributed by atoms with Crippen molar-refractivity contribution in [1.29, 1.82) is 0 Å². The van der Waals surface area contributed by atoms with Gasteiger partial charge in [-0.3, -0.25) is 4.55 Å². The van der Waals surface area contributed by atoms with E-state index < -0.39 is 10.1 Å². The van der Waals surface area contributed by atoms with Gasteiger partial charge < -0.3 is 9.84 Å².